The van der Waals surface area contributed by atoms with E-state index in [1.165, 1.54) is 26.4 Å². The van der Waals surface area contributed by atoms with E-state index >= 15 is 0 Å². The minimum atomic E-state index is -1.11. The summed E-state index contributed by atoms with van der Waals surface area (Å²) < 4.78 is 23.9. The van der Waals surface area contributed by atoms with E-state index < -0.39 is 35.6 Å². The number of nitrogens with zero attached hydrogens (tertiary/aromatic N) is 4. The predicted molar refractivity (Wildman–Crippen MR) is 111 cm³/mol. The van der Waals surface area contributed by atoms with Crippen LogP contribution in [0.1, 0.15) is 0 Å². The topological polar surface area (TPSA) is 113 Å². The number of benzene rings is 2. The zero-order chi connectivity index (χ0) is 23.0. The van der Waals surface area contributed by atoms with E-state index in [4.69, 9.17) is 21.1 Å². The van der Waals surface area contributed by atoms with E-state index in [2.05, 4.69) is 15.7 Å². The van der Waals surface area contributed by atoms with E-state index in [9.17, 15) is 18.8 Å². The lowest BCUT2D eigenvalue weighted by Gasteiger charge is -2.20. The number of rotatable bonds is 6. The average Bonchev–Trinajstić information content (AvgIpc) is 3.29. The molecular weight excluding hydrogens is 445 g/mol. The lowest BCUT2D eigenvalue weighted by Crippen LogP contribution is -2.43. The molecule has 0 spiro atoms. The van der Waals surface area contributed by atoms with Crippen molar-refractivity contribution in [1.82, 2.24) is 5.01 Å². The van der Waals surface area contributed by atoms with Crippen LogP contribution in [0.15, 0.2) is 46.7 Å². The van der Waals surface area contributed by atoms with Gasteiger partial charge in [0.2, 0.25) is 5.91 Å². The molecule has 1 saturated heterocycles. The molecule has 0 aliphatic carbocycles. The van der Waals surface area contributed by atoms with Gasteiger partial charge in [-0.3, -0.25) is 19.4 Å². The molecule has 2 heterocycles. The van der Waals surface area contributed by atoms with Crippen molar-refractivity contribution in [3.8, 4) is 11.5 Å². The first-order chi connectivity index (χ1) is 15.3. The van der Waals surface area contributed by atoms with E-state index in [-0.39, 0.29) is 17.3 Å². The number of nitrogens with one attached hydrogen (secondary N) is 1. The standard InChI is InChI=1S/C20H17ClFN5O5/c1-31-11-4-6-15(32-2)14(8-11)23-16(28)9-26-18-17(24-25-26)19(29)27(20(18)30)10-3-5-13(22)12(21)7-10/h3-8,17-18H,9H2,1-2H3,(H,23,28)/t17-,18+/m1/s1. The number of hydrogen-bond acceptors (Lipinski definition) is 8. The lowest BCUT2D eigenvalue weighted by molar-refractivity contribution is -0.123. The van der Waals surface area contributed by atoms with Gasteiger partial charge in [0.25, 0.3) is 11.8 Å². The fraction of sp³-hybridized carbons (Fsp3) is 0.250. The molecular formula is C20H17ClFN5O5. The number of imide groups is 1. The second-order valence-electron chi connectivity index (χ2n) is 6.92. The molecule has 0 unspecified atom stereocenters. The molecule has 0 radical (unpaired) electrons. The summed E-state index contributed by atoms with van der Waals surface area (Å²) in [6.45, 7) is -0.345. The number of fused-ring (bicyclic) bond motifs is 1. The second kappa shape index (κ2) is 8.42. The van der Waals surface area contributed by atoms with Crippen molar-refractivity contribution in [2.75, 3.05) is 31.0 Å². The SMILES string of the molecule is COc1ccc(OC)c(NC(=O)CN2N=N[C@H]3C(=O)N(c4ccc(F)c(Cl)c4)C(=O)[C@H]32)c1. The summed E-state index contributed by atoms with van der Waals surface area (Å²) in [5.41, 5.74) is 0.474. The molecule has 2 aromatic carbocycles. The van der Waals surface area contributed by atoms with Crippen LogP contribution in [-0.4, -0.2) is 55.6 Å². The third-order valence-electron chi connectivity index (χ3n) is 5.01. The molecule has 2 aliphatic rings. The van der Waals surface area contributed by atoms with Gasteiger partial charge in [-0.1, -0.05) is 16.8 Å². The van der Waals surface area contributed by atoms with Crippen LogP contribution >= 0.6 is 11.6 Å². The predicted octanol–water partition coefficient (Wildman–Crippen LogP) is 2.43. The van der Waals surface area contributed by atoms with E-state index in [1.54, 1.807) is 18.2 Å². The molecule has 1 fully saturated rings. The Morgan fingerprint density at radius 3 is 2.62 bits per heavy atom. The van der Waals surface area contributed by atoms with Crippen LogP contribution in [-0.2, 0) is 14.4 Å². The van der Waals surface area contributed by atoms with Crippen LogP contribution in [0.3, 0.4) is 0 Å². The summed E-state index contributed by atoms with van der Waals surface area (Å²) >= 11 is 5.78. The Morgan fingerprint density at radius 2 is 1.94 bits per heavy atom. The Kier molecular flexibility index (Phi) is 5.66. The Balaban J connectivity index is 1.50. The number of hydrogen-bond donors (Lipinski definition) is 1. The minimum absolute atomic E-state index is 0.113. The minimum Gasteiger partial charge on any atom is -0.497 e. The van der Waals surface area contributed by atoms with Crippen LogP contribution in [0.2, 0.25) is 5.02 Å². The maximum Gasteiger partial charge on any atom is 0.263 e. The van der Waals surface area contributed by atoms with Gasteiger partial charge in [0.1, 0.15) is 23.9 Å². The Bertz CT molecular complexity index is 1140. The van der Waals surface area contributed by atoms with Crippen molar-refractivity contribution in [2.45, 2.75) is 12.1 Å². The van der Waals surface area contributed by atoms with Crippen LogP contribution < -0.4 is 19.7 Å². The summed E-state index contributed by atoms with van der Waals surface area (Å²) in [5, 5.41) is 11.3. The second-order valence-corrected chi connectivity index (χ2v) is 7.32. The molecule has 166 valence electrons. The highest BCUT2D eigenvalue weighted by Crippen LogP contribution is 2.34. The van der Waals surface area contributed by atoms with Gasteiger partial charge in [-0.25, -0.2) is 9.29 Å². The van der Waals surface area contributed by atoms with Gasteiger partial charge in [0.05, 0.1) is 30.6 Å². The summed E-state index contributed by atoms with van der Waals surface area (Å²) in [6.07, 6.45) is 0. The third kappa shape index (κ3) is 3.71. The normalized spacial score (nSPS) is 19.4. The van der Waals surface area contributed by atoms with Crippen LogP contribution in [0.5, 0.6) is 11.5 Å². The first kappa shape index (κ1) is 21.5. The van der Waals surface area contributed by atoms with Gasteiger partial charge in [-0.15, -0.1) is 0 Å². The molecule has 0 aromatic heterocycles. The van der Waals surface area contributed by atoms with Crippen molar-refractivity contribution in [3.63, 3.8) is 0 Å². The third-order valence-corrected chi connectivity index (χ3v) is 5.30. The Labute approximate surface area is 186 Å². The fourth-order valence-electron chi connectivity index (χ4n) is 3.48. The van der Waals surface area contributed by atoms with Gasteiger partial charge >= 0.3 is 0 Å². The number of methoxy groups -OCH3 is 2. The number of amides is 3. The number of carbonyl (C=O) groups excluding carboxylic acids is 3. The zero-order valence-corrected chi connectivity index (χ0v) is 17.7. The highest BCUT2D eigenvalue weighted by atomic mass is 35.5. The van der Waals surface area contributed by atoms with E-state index in [0.717, 1.165) is 16.0 Å². The van der Waals surface area contributed by atoms with Crippen molar-refractivity contribution >= 4 is 40.7 Å². The lowest BCUT2D eigenvalue weighted by atomic mass is 10.1. The van der Waals surface area contributed by atoms with Gasteiger partial charge < -0.3 is 14.8 Å². The Hall–Kier alpha value is -3.73. The van der Waals surface area contributed by atoms with Gasteiger partial charge in [0.15, 0.2) is 12.1 Å². The van der Waals surface area contributed by atoms with Crippen molar-refractivity contribution in [1.29, 1.82) is 0 Å². The highest BCUT2D eigenvalue weighted by molar-refractivity contribution is 6.32. The Morgan fingerprint density at radius 1 is 1.16 bits per heavy atom. The maximum atomic E-state index is 13.5. The number of carbonyl (C=O) groups is 3. The fourth-order valence-corrected chi connectivity index (χ4v) is 3.66. The van der Waals surface area contributed by atoms with E-state index in [0.29, 0.717) is 17.2 Å². The largest absolute Gasteiger partial charge is 0.497 e. The summed E-state index contributed by atoms with van der Waals surface area (Å²) in [6, 6.07) is 6.18. The maximum absolute atomic E-state index is 13.5. The van der Waals surface area contributed by atoms with Crippen molar-refractivity contribution in [3.05, 3.63) is 47.2 Å². The first-order valence-corrected chi connectivity index (χ1v) is 9.74. The molecule has 0 saturated carbocycles. The zero-order valence-electron chi connectivity index (χ0n) is 16.9. The van der Waals surface area contributed by atoms with E-state index in [1.807, 2.05) is 0 Å². The molecule has 0 bridgehead atoms. The van der Waals surface area contributed by atoms with Gasteiger partial charge in [0, 0.05) is 6.07 Å². The molecule has 32 heavy (non-hydrogen) atoms. The molecule has 1 N–H and O–H groups in total. The summed E-state index contributed by atoms with van der Waals surface area (Å²) in [4.78, 5) is 39.2. The number of halogens is 2. The molecule has 4 rings (SSSR count). The molecule has 2 aromatic rings. The smallest absolute Gasteiger partial charge is 0.263 e. The summed E-state index contributed by atoms with van der Waals surface area (Å²) in [5.74, 6) is -1.55. The average molecular weight is 462 g/mol. The van der Waals surface area contributed by atoms with Crippen LogP contribution in [0, 0.1) is 5.82 Å². The van der Waals surface area contributed by atoms with Gasteiger partial charge in [-0.05, 0) is 30.3 Å². The quantitative estimate of drug-likeness (QED) is 0.661. The number of ether oxygens (including phenoxy) is 2. The van der Waals surface area contributed by atoms with Crippen LogP contribution in [0.25, 0.3) is 0 Å². The van der Waals surface area contributed by atoms with Crippen LogP contribution in [0.4, 0.5) is 15.8 Å². The molecule has 2 atom stereocenters. The molecule has 3 amide bonds. The highest BCUT2D eigenvalue weighted by Gasteiger charge is 2.55. The number of anilines is 2. The molecule has 2 aliphatic heterocycles. The summed E-state index contributed by atoms with van der Waals surface area (Å²) in [7, 11) is 2.94. The monoisotopic (exact) mass is 461 g/mol. The molecule has 12 heteroatoms. The molecule has 10 nitrogen and oxygen atoms in total. The van der Waals surface area contributed by atoms with Gasteiger partial charge in [-0.2, -0.15) is 5.11 Å². The van der Waals surface area contributed by atoms with Crippen molar-refractivity contribution < 1.29 is 28.2 Å². The van der Waals surface area contributed by atoms with Crippen molar-refractivity contribution in [2.24, 2.45) is 10.3 Å². The first-order valence-electron chi connectivity index (χ1n) is 9.36.